The van der Waals surface area contributed by atoms with Crippen LogP contribution in [0.5, 0.6) is 23.0 Å². The van der Waals surface area contributed by atoms with Gasteiger partial charge in [0.05, 0.1) is 27.1 Å². The number of rotatable bonds is 9. The number of methoxy groups -OCH3 is 2. The first-order valence-electron chi connectivity index (χ1n) is 10.8. The van der Waals surface area contributed by atoms with E-state index in [9.17, 15) is 17.2 Å². The molecule has 1 N–H and O–H groups in total. The molecule has 0 saturated heterocycles. The summed E-state index contributed by atoms with van der Waals surface area (Å²) in [6, 6.07) is 8.13. The molecule has 0 fully saturated rings. The van der Waals surface area contributed by atoms with E-state index in [1.165, 1.54) is 23.8 Å². The summed E-state index contributed by atoms with van der Waals surface area (Å²) in [7, 11) is -0.583. The summed E-state index contributed by atoms with van der Waals surface area (Å²) >= 11 is 0. The van der Waals surface area contributed by atoms with Gasteiger partial charge in [-0.3, -0.25) is 4.18 Å². The van der Waals surface area contributed by atoms with E-state index < -0.39 is 16.4 Å². The molecule has 2 aromatic heterocycles. The molecular weight excluding hydrogens is 516 g/mol. The first-order valence-corrected chi connectivity index (χ1v) is 12.7. The van der Waals surface area contributed by atoms with Crippen molar-refractivity contribution in [2.24, 2.45) is 0 Å². The summed E-state index contributed by atoms with van der Waals surface area (Å²) in [5, 5.41) is 7.92. The van der Waals surface area contributed by atoms with Gasteiger partial charge >= 0.3 is 6.29 Å². The zero-order valence-corrected chi connectivity index (χ0v) is 20.6. The summed E-state index contributed by atoms with van der Waals surface area (Å²) in [6.45, 7) is 0.0428. The quantitative estimate of drug-likeness (QED) is 0.316. The number of alkyl halides is 2. The van der Waals surface area contributed by atoms with Crippen LogP contribution in [0.3, 0.4) is 0 Å². The van der Waals surface area contributed by atoms with Crippen LogP contribution in [0.25, 0.3) is 16.6 Å². The highest BCUT2D eigenvalue weighted by Crippen LogP contribution is 2.45. The van der Waals surface area contributed by atoms with E-state index >= 15 is 0 Å². The average molecular weight is 538 g/mol. The van der Waals surface area contributed by atoms with Gasteiger partial charge in [-0.25, -0.2) is 9.97 Å². The van der Waals surface area contributed by atoms with Crippen molar-refractivity contribution in [3.05, 3.63) is 41.7 Å². The van der Waals surface area contributed by atoms with Crippen molar-refractivity contribution in [3.8, 4) is 23.0 Å². The third-order valence-corrected chi connectivity index (χ3v) is 6.00. The molecule has 37 heavy (non-hydrogen) atoms. The Kier molecular flexibility index (Phi) is 6.11. The smallest absolute Gasteiger partial charge is 0.497 e. The van der Waals surface area contributed by atoms with Crippen LogP contribution in [0.1, 0.15) is 11.4 Å². The maximum atomic E-state index is 13.8. The Hall–Kier alpha value is -3.98. The van der Waals surface area contributed by atoms with Crippen molar-refractivity contribution in [2.45, 2.75) is 19.3 Å². The largest absolute Gasteiger partial charge is 0.586 e. The van der Waals surface area contributed by atoms with Crippen LogP contribution < -0.4 is 24.3 Å². The average Bonchev–Trinajstić information content (AvgIpc) is 3.41. The number of benzene rings is 2. The molecule has 0 aliphatic carbocycles. The fraction of sp³-hybridized carbons (Fsp3) is 0.318. The number of hydrogen-bond acceptors (Lipinski definition) is 11. The number of hydrogen-bond donors (Lipinski definition) is 1. The molecule has 4 aromatic rings. The molecular formula is C22H21F2N5O7S. The maximum absolute atomic E-state index is 13.8. The number of nitrogens with one attached hydrogen (secondary N) is 1. The minimum atomic E-state index is -3.84. The Morgan fingerprint density at radius 3 is 2.65 bits per heavy atom. The second-order valence-corrected chi connectivity index (χ2v) is 9.61. The minimum absolute atomic E-state index is 0.0740. The van der Waals surface area contributed by atoms with Crippen LogP contribution in [-0.4, -0.2) is 61.4 Å². The predicted octanol–water partition coefficient (Wildman–Crippen LogP) is 2.75. The molecule has 196 valence electrons. The molecule has 5 rings (SSSR count). The van der Waals surface area contributed by atoms with E-state index in [1.807, 2.05) is 0 Å². The molecule has 2 aromatic carbocycles. The topological polar surface area (TPSA) is 135 Å². The van der Waals surface area contributed by atoms with Crippen molar-refractivity contribution in [3.63, 3.8) is 0 Å². The summed E-state index contributed by atoms with van der Waals surface area (Å²) in [4.78, 5) is 8.96. The normalized spacial score (nSPS) is 14.3. The monoisotopic (exact) mass is 537 g/mol. The van der Waals surface area contributed by atoms with Crippen molar-refractivity contribution in [2.75, 3.05) is 32.4 Å². The molecule has 3 heterocycles. The van der Waals surface area contributed by atoms with Crippen molar-refractivity contribution in [1.82, 2.24) is 19.6 Å². The van der Waals surface area contributed by atoms with Gasteiger partial charge in [-0.15, -0.1) is 13.9 Å². The molecule has 0 saturated carbocycles. The van der Waals surface area contributed by atoms with Gasteiger partial charge in [-0.2, -0.15) is 12.9 Å². The van der Waals surface area contributed by atoms with Crippen LogP contribution in [0.2, 0.25) is 0 Å². The molecule has 1 aliphatic rings. The van der Waals surface area contributed by atoms with E-state index in [0.29, 0.717) is 16.9 Å². The molecule has 0 unspecified atom stereocenters. The lowest BCUT2D eigenvalue weighted by Gasteiger charge is -2.13. The summed E-state index contributed by atoms with van der Waals surface area (Å²) in [5.74, 6) is 1.18. The molecule has 0 bridgehead atoms. The highest BCUT2D eigenvalue weighted by atomic mass is 32.2. The molecule has 0 radical (unpaired) electrons. The van der Waals surface area contributed by atoms with E-state index in [0.717, 1.165) is 11.8 Å². The first kappa shape index (κ1) is 24.7. The molecule has 12 nitrogen and oxygen atoms in total. The molecule has 1 aliphatic heterocycles. The third-order valence-electron chi connectivity index (χ3n) is 5.41. The Bertz CT molecular complexity index is 1610. The lowest BCUT2D eigenvalue weighted by molar-refractivity contribution is -0.286. The molecule has 15 heteroatoms. The highest BCUT2D eigenvalue weighted by molar-refractivity contribution is 7.85. The van der Waals surface area contributed by atoms with Gasteiger partial charge in [0.2, 0.25) is 5.95 Å². The third kappa shape index (κ3) is 4.99. The minimum Gasteiger partial charge on any atom is -0.497 e. The van der Waals surface area contributed by atoms with Gasteiger partial charge in [-0.1, -0.05) is 0 Å². The summed E-state index contributed by atoms with van der Waals surface area (Å²) in [5.41, 5.74) is 1.12. The number of fused-ring (bicyclic) bond motifs is 5. The Labute approximate surface area is 209 Å². The summed E-state index contributed by atoms with van der Waals surface area (Å²) < 4.78 is 76.4. The van der Waals surface area contributed by atoms with Crippen LogP contribution in [0.15, 0.2) is 30.3 Å². The van der Waals surface area contributed by atoms with Crippen molar-refractivity contribution >= 4 is 32.6 Å². The van der Waals surface area contributed by atoms with E-state index in [2.05, 4.69) is 25.1 Å². The lowest BCUT2D eigenvalue weighted by Crippen LogP contribution is -2.26. The van der Waals surface area contributed by atoms with Gasteiger partial charge in [0, 0.05) is 30.0 Å². The second-order valence-electron chi connectivity index (χ2n) is 7.96. The van der Waals surface area contributed by atoms with Gasteiger partial charge in [0.1, 0.15) is 17.0 Å². The van der Waals surface area contributed by atoms with Crippen LogP contribution in [-0.2, 0) is 27.3 Å². The Morgan fingerprint density at radius 2 is 1.92 bits per heavy atom. The predicted molar refractivity (Wildman–Crippen MR) is 126 cm³/mol. The summed E-state index contributed by atoms with van der Waals surface area (Å²) in [6.07, 6.45) is -2.82. The van der Waals surface area contributed by atoms with E-state index in [1.54, 1.807) is 25.3 Å². The SMILES string of the molecule is COc1ccc(CNc2nc3c4c(ccc3c3nc(CCOS(C)(=O)=O)nn23)OC(F)(F)O4)c(OC)c1. The van der Waals surface area contributed by atoms with E-state index in [4.69, 9.17) is 18.4 Å². The van der Waals surface area contributed by atoms with Gasteiger partial charge < -0.3 is 24.3 Å². The van der Waals surface area contributed by atoms with Crippen LogP contribution >= 0.6 is 0 Å². The Balaban J connectivity index is 1.57. The molecule has 0 atom stereocenters. The molecule has 0 amide bonds. The lowest BCUT2D eigenvalue weighted by atomic mass is 10.2. The maximum Gasteiger partial charge on any atom is 0.586 e. The Morgan fingerprint density at radius 1 is 1.11 bits per heavy atom. The standard InChI is InChI=1S/C22H21F2N5O7S/c1-32-13-5-4-12(16(10-13)33-2)11-25-21-27-18-14(6-7-15-19(18)36-22(23,24)35-15)20-26-17(28-29(20)21)8-9-34-37(3,30)31/h4-7,10H,8-9,11H2,1-3H3,(H,25,27). The van der Waals surface area contributed by atoms with Gasteiger partial charge in [0.25, 0.3) is 10.1 Å². The number of halogens is 2. The first-order chi connectivity index (χ1) is 17.6. The number of anilines is 1. The number of nitrogens with zero attached hydrogens (tertiary/aromatic N) is 4. The zero-order chi connectivity index (χ0) is 26.4. The van der Waals surface area contributed by atoms with Gasteiger partial charge in [0.15, 0.2) is 23.0 Å². The fourth-order valence-electron chi connectivity index (χ4n) is 3.80. The van der Waals surface area contributed by atoms with Crippen molar-refractivity contribution in [1.29, 1.82) is 0 Å². The fourth-order valence-corrected chi connectivity index (χ4v) is 4.18. The highest BCUT2D eigenvalue weighted by Gasteiger charge is 2.45. The molecule has 0 spiro atoms. The number of ether oxygens (including phenoxy) is 4. The van der Waals surface area contributed by atoms with Crippen molar-refractivity contribution < 1.29 is 40.3 Å². The zero-order valence-electron chi connectivity index (χ0n) is 19.8. The second kappa shape index (κ2) is 9.15. The van der Waals surface area contributed by atoms with E-state index in [-0.39, 0.29) is 54.0 Å². The van der Waals surface area contributed by atoms with Crippen LogP contribution in [0.4, 0.5) is 14.7 Å². The number of aromatic nitrogens is 4. The van der Waals surface area contributed by atoms with Crippen LogP contribution in [0, 0.1) is 0 Å². The van der Waals surface area contributed by atoms with Gasteiger partial charge in [-0.05, 0) is 24.3 Å².